The third-order valence-corrected chi connectivity index (χ3v) is 3.54. The molecule has 0 amide bonds. The lowest BCUT2D eigenvalue weighted by Crippen LogP contribution is -2.19. The van der Waals surface area contributed by atoms with E-state index in [1.807, 2.05) is 19.9 Å². The quantitative estimate of drug-likeness (QED) is 0.856. The number of aryl methyl sites for hydroxylation is 2. The normalized spacial score (nSPS) is 15.2. The van der Waals surface area contributed by atoms with Crippen molar-refractivity contribution in [2.75, 3.05) is 23.7 Å². The maximum atomic E-state index is 5.85. The van der Waals surface area contributed by atoms with Gasteiger partial charge < -0.3 is 10.6 Å². The summed E-state index contributed by atoms with van der Waals surface area (Å²) in [7, 11) is 0. The summed E-state index contributed by atoms with van der Waals surface area (Å²) >= 11 is 0. The molecule has 0 aromatic carbocycles. The van der Waals surface area contributed by atoms with E-state index in [2.05, 4.69) is 25.1 Å². The number of anilines is 2. The Morgan fingerprint density at radius 1 is 1.21 bits per heavy atom. The van der Waals surface area contributed by atoms with Crippen molar-refractivity contribution in [2.24, 2.45) is 0 Å². The van der Waals surface area contributed by atoms with Crippen LogP contribution >= 0.6 is 0 Å². The summed E-state index contributed by atoms with van der Waals surface area (Å²) < 4.78 is 0. The molecule has 0 unspecified atom stereocenters. The predicted molar refractivity (Wildman–Crippen MR) is 74.9 cm³/mol. The largest absolute Gasteiger partial charge is 0.368 e. The minimum absolute atomic E-state index is 0.319. The van der Waals surface area contributed by atoms with Crippen LogP contribution in [0.4, 0.5) is 11.8 Å². The van der Waals surface area contributed by atoms with Crippen LogP contribution in [0.2, 0.25) is 0 Å². The van der Waals surface area contributed by atoms with Crippen LogP contribution in [0.3, 0.4) is 0 Å². The lowest BCUT2D eigenvalue weighted by Gasteiger charge is -2.17. The van der Waals surface area contributed by atoms with Gasteiger partial charge in [-0.1, -0.05) is 0 Å². The van der Waals surface area contributed by atoms with Gasteiger partial charge in [0.15, 0.2) is 0 Å². The zero-order chi connectivity index (χ0) is 13.4. The highest BCUT2D eigenvalue weighted by Crippen LogP contribution is 2.28. The van der Waals surface area contributed by atoms with Gasteiger partial charge in [-0.2, -0.15) is 10.1 Å². The summed E-state index contributed by atoms with van der Waals surface area (Å²) in [5, 5.41) is 7.19. The third kappa shape index (κ3) is 2.14. The predicted octanol–water partition coefficient (Wildman–Crippen LogP) is 1.67. The number of nitrogens with zero attached hydrogens (tertiary/aromatic N) is 4. The van der Waals surface area contributed by atoms with Gasteiger partial charge in [0.05, 0.1) is 11.4 Å². The second kappa shape index (κ2) is 4.53. The number of hydrogen-bond donors (Lipinski definition) is 2. The number of rotatable bonds is 2. The summed E-state index contributed by atoms with van der Waals surface area (Å²) in [6.07, 6.45) is 2.42. The van der Waals surface area contributed by atoms with Crippen LogP contribution in [0, 0.1) is 13.8 Å². The van der Waals surface area contributed by atoms with Gasteiger partial charge in [-0.15, -0.1) is 0 Å². The molecule has 1 aliphatic heterocycles. The van der Waals surface area contributed by atoms with Crippen molar-refractivity contribution in [1.82, 2.24) is 20.2 Å². The number of H-pyrrole nitrogens is 1. The molecule has 100 valence electrons. The third-order valence-electron chi connectivity index (χ3n) is 3.54. The number of nitrogen functional groups attached to an aromatic ring is 1. The molecule has 1 aliphatic rings. The average molecular weight is 258 g/mol. The van der Waals surface area contributed by atoms with Gasteiger partial charge in [0.2, 0.25) is 5.95 Å². The lowest BCUT2D eigenvalue weighted by atomic mass is 10.1. The van der Waals surface area contributed by atoms with Crippen LogP contribution in [0.1, 0.15) is 24.2 Å². The molecule has 3 heterocycles. The van der Waals surface area contributed by atoms with Crippen LogP contribution in [0.15, 0.2) is 6.07 Å². The first kappa shape index (κ1) is 12.0. The molecule has 6 nitrogen and oxygen atoms in total. The fourth-order valence-corrected chi connectivity index (χ4v) is 2.62. The summed E-state index contributed by atoms with van der Waals surface area (Å²) in [6.45, 7) is 6.04. The van der Waals surface area contributed by atoms with E-state index in [-0.39, 0.29) is 0 Å². The van der Waals surface area contributed by atoms with E-state index in [1.165, 1.54) is 12.8 Å². The molecule has 1 saturated heterocycles. The Morgan fingerprint density at radius 2 is 1.95 bits per heavy atom. The Hall–Kier alpha value is -2.11. The molecular formula is C13H18N6. The topological polar surface area (TPSA) is 83.7 Å². The van der Waals surface area contributed by atoms with E-state index in [1.54, 1.807) is 0 Å². The Morgan fingerprint density at radius 3 is 2.58 bits per heavy atom. The maximum absolute atomic E-state index is 5.85. The molecule has 6 heteroatoms. The first-order valence-corrected chi connectivity index (χ1v) is 6.56. The number of aromatic nitrogens is 4. The van der Waals surface area contributed by atoms with E-state index in [0.29, 0.717) is 5.95 Å². The molecule has 0 bridgehead atoms. The minimum atomic E-state index is 0.319. The second-order valence-corrected chi connectivity index (χ2v) is 4.97. The zero-order valence-electron chi connectivity index (χ0n) is 11.3. The first-order chi connectivity index (χ1) is 9.15. The standard InChI is InChI=1S/C13H18N6/c1-8-12(9(2)18-17-8)10-7-11(16-13(14)15-10)19-5-3-4-6-19/h7H,3-6H2,1-2H3,(H,17,18)(H2,14,15,16). The van der Waals surface area contributed by atoms with E-state index < -0.39 is 0 Å². The summed E-state index contributed by atoms with van der Waals surface area (Å²) in [6, 6.07) is 2.01. The van der Waals surface area contributed by atoms with Crippen LogP contribution in [0.5, 0.6) is 0 Å². The van der Waals surface area contributed by atoms with Crippen molar-refractivity contribution in [2.45, 2.75) is 26.7 Å². The van der Waals surface area contributed by atoms with Gasteiger partial charge in [0.25, 0.3) is 0 Å². The molecule has 3 N–H and O–H groups in total. The van der Waals surface area contributed by atoms with Crippen molar-refractivity contribution in [3.05, 3.63) is 17.5 Å². The van der Waals surface area contributed by atoms with Crippen molar-refractivity contribution in [1.29, 1.82) is 0 Å². The van der Waals surface area contributed by atoms with Gasteiger partial charge in [0, 0.05) is 30.4 Å². The van der Waals surface area contributed by atoms with Crippen molar-refractivity contribution >= 4 is 11.8 Å². The maximum Gasteiger partial charge on any atom is 0.222 e. The minimum Gasteiger partial charge on any atom is -0.368 e. The van der Waals surface area contributed by atoms with E-state index in [4.69, 9.17) is 5.73 Å². The molecule has 0 spiro atoms. The summed E-state index contributed by atoms with van der Waals surface area (Å²) in [5.74, 6) is 1.24. The smallest absolute Gasteiger partial charge is 0.222 e. The molecule has 0 saturated carbocycles. The fourth-order valence-electron chi connectivity index (χ4n) is 2.62. The van der Waals surface area contributed by atoms with Crippen molar-refractivity contribution < 1.29 is 0 Å². The molecule has 1 fully saturated rings. The van der Waals surface area contributed by atoms with Gasteiger partial charge in [-0.25, -0.2) is 4.98 Å². The average Bonchev–Trinajstić information content (AvgIpc) is 2.99. The SMILES string of the molecule is Cc1n[nH]c(C)c1-c1cc(N2CCCC2)nc(N)n1. The molecule has 19 heavy (non-hydrogen) atoms. The summed E-state index contributed by atoms with van der Waals surface area (Å²) in [4.78, 5) is 11.0. The van der Waals surface area contributed by atoms with Crippen molar-refractivity contribution in [3.8, 4) is 11.3 Å². The molecular weight excluding hydrogens is 240 g/mol. The zero-order valence-corrected chi connectivity index (χ0v) is 11.3. The highest BCUT2D eigenvalue weighted by molar-refractivity contribution is 5.68. The molecule has 2 aromatic heterocycles. The van der Waals surface area contributed by atoms with Crippen LogP contribution in [-0.4, -0.2) is 33.3 Å². The van der Waals surface area contributed by atoms with Gasteiger partial charge in [-0.3, -0.25) is 5.10 Å². The monoisotopic (exact) mass is 258 g/mol. The Bertz CT molecular complexity index is 578. The highest BCUT2D eigenvalue weighted by Gasteiger charge is 2.18. The second-order valence-electron chi connectivity index (χ2n) is 4.97. The molecule has 3 rings (SSSR count). The Balaban J connectivity index is 2.07. The Kier molecular flexibility index (Phi) is 2.85. The summed E-state index contributed by atoms with van der Waals surface area (Å²) in [5.41, 5.74) is 9.66. The van der Waals surface area contributed by atoms with E-state index in [0.717, 1.165) is 41.6 Å². The number of aromatic amines is 1. The molecule has 0 radical (unpaired) electrons. The van der Waals surface area contributed by atoms with E-state index in [9.17, 15) is 0 Å². The van der Waals surface area contributed by atoms with Crippen LogP contribution < -0.4 is 10.6 Å². The van der Waals surface area contributed by atoms with Gasteiger partial charge in [0.1, 0.15) is 5.82 Å². The highest BCUT2D eigenvalue weighted by atomic mass is 15.2. The Labute approximate surface area is 112 Å². The van der Waals surface area contributed by atoms with Gasteiger partial charge >= 0.3 is 0 Å². The van der Waals surface area contributed by atoms with E-state index >= 15 is 0 Å². The number of nitrogens with two attached hydrogens (primary N) is 1. The number of hydrogen-bond acceptors (Lipinski definition) is 5. The van der Waals surface area contributed by atoms with Crippen LogP contribution in [-0.2, 0) is 0 Å². The molecule has 0 aliphatic carbocycles. The first-order valence-electron chi connectivity index (χ1n) is 6.56. The fraction of sp³-hybridized carbons (Fsp3) is 0.462. The molecule has 0 atom stereocenters. The van der Waals surface area contributed by atoms with Gasteiger partial charge in [-0.05, 0) is 26.7 Å². The van der Waals surface area contributed by atoms with Crippen molar-refractivity contribution in [3.63, 3.8) is 0 Å². The van der Waals surface area contributed by atoms with Crippen LogP contribution in [0.25, 0.3) is 11.3 Å². The molecule has 2 aromatic rings. The lowest BCUT2D eigenvalue weighted by molar-refractivity contribution is 0.932. The number of nitrogens with one attached hydrogen (secondary N) is 1.